The quantitative estimate of drug-likeness (QED) is 0.738. The number of carboxylic acids is 1. The third-order valence-electron chi connectivity index (χ3n) is 2.27. The number of benzene rings is 1. The van der Waals surface area contributed by atoms with Crippen LogP contribution in [0.2, 0.25) is 0 Å². The Hall–Kier alpha value is -0.630. The van der Waals surface area contributed by atoms with Crippen LogP contribution in [0.25, 0.3) is 0 Å². The first-order chi connectivity index (χ1) is 8.45. The summed E-state index contributed by atoms with van der Waals surface area (Å²) in [4.78, 5) is 24.4. The van der Waals surface area contributed by atoms with Gasteiger partial charge in [0, 0.05) is 14.6 Å². The molecule has 6 heteroatoms. The van der Waals surface area contributed by atoms with Gasteiger partial charge in [0.2, 0.25) is 0 Å². The minimum absolute atomic E-state index is 0.245. The number of aliphatic carboxylic acids is 1. The predicted octanol–water partition coefficient (Wildman–Crippen LogP) is 2.99. The second-order valence-electron chi connectivity index (χ2n) is 3.74. The molecule has 0 atom stereocenters. The molecule has 0 radical (unpaired) electrons. The number of rotatable bonds is 5. The highest BCUT2D eigenvalue weighted by Gasteiger charge is 2.19. The van der Waals surface area contributed by atoms with Gasteiger partial charge >= 0.3 is 5.97 Å². The van der Waals surface area contributed by atoms with Crippen LogP contribution < -0.4 is 0 Å². The van der Waals surface area contributed by atoms with Crippen molar-refractivity contribution in [2.45, 2.75) is 13.3 Å². The lowest BCUT2D eigenvalue weighted by Crippen LogP contribution is -2.36. The summed E-state index contributed by atoms with van der Waals surface area (Å²) in [6.07, 6.45) is 0.726. The van der Waals surface area contributed by atoms with Gasteiger partial charge in [-0.1, -0.05) is 22.9 Å². The Morgan fingerprint density at radius 2 is 2.11 bits per heavy atom. The number of hydrogen-bond donors (Lipinski definition) is 1. The maximum atomic E-state index is 12.3. The van der Waals surface area contributed by atoms with Crippen LogP contribution in [0.4, 0.5) is 0 Å². The summed E-state index contributed by atoms with van der Waals surface area (Å²) in [7, 11) is 0. The zero-order valence-corrected chi connectivity index (χ0v) is 13.6. The maximum absolute atomic E-state index is 12.3. The van der Waals surface area contributed by atoms with Crippen LogP contribution in [0, 0.1) is 3.57 Å². The molecule has 18 heavy (non-hydrogen) atoms. The van der Waals surface area contributed by atoms with Gasteiger partial charge in [-0.05, 0) is 47.2 Å². The van der Waals surface area contributed by atoms with Gasteiger partial charge in [-0.15, -0.1) is 0 Å². The third kappa shape index (κ3) is 4.24. The molecule has 0 saturated carbocycles. The van der Waals surface area contributed by atoms with Crippen molar-refractivity contribution >= 4 is 50.4 Å². The highest BCUT2D eigenvalue weighted by atomic mass is 127. The summed E-state index contributed by atoms with van der Waals surface area (Å²) in [6, 6.07) is 5.39. The summed E-state index contributed by atoms with van der Waals surface area (Å²) in [6.45, 7) is 2.08. The Morgan fingerprint density at radius 1 is 1.44 bits per heavy atom. The topological polar surface area (TPSA) is 57.6 Å². The minimum atomic E-state index is -0.998. The molecule has 0 aliphatic rings. The van der Waals surface area contributed by atoms with Crippen molar-refractivity contribution in [3.63, 3.8) is 0 Å². The minimum Gasteiger partial charge on any atom is -0.480 e. The molecule has 0 unspecified atom stereocenters. The van der Waals surface area contributed by atoms with Crippen LogP contribution in [-0.2, 0) is 4.79 Å². The van der Waals surface area contributed by atoms with Gasteiger partial charge in [-0.25, -0.2) is 0 Å². The first-order valence-corrected chi connectivity index (χ1v) is 7.29. The highest BCUT2D eigenvalue weighted by Crippen LogP contribution is 2.20. The van der Waals surface area contributed by atoms with E-state index in [-0.39, 0.29) is 12.5 Å². The van der Waals surface area contributed by atoms with E-state index in [0.717, 1.165) is 14.5 Å². The van der Waals surface area contributed by atoms with Crippen molar-refractivity contribution < 1.29 is 14.7 Å². The van der Waals surface area contributed by atoms with Gasteiger partial charge in [0.25, 0.3) is 5.91 Å². The van der Waals surface area contributed by atoms with Crippen LogP contribution >= 0.6 is 38.5 Å². The molecule has 1 aromatic carbocycles. The second kappa shape index (κ2) is 7.08. The smallest absolute Gasteiger partial charge is 0.323 e. The van der Waals surface area contributed by atoms with Gasteiger partial charge < -0.3 is 10.0 Å². The fourth-order valence-electron chi connectivity index (χ4n) is 1.52. The fourth-order valence-corrected chi connectivity index (χ4v) is 2.44. The molecule has 1 N–H and O–H groups in total. The fraction of sp³-hybridized carbons (Fsp3) is 0.333. The van der Waals surface area contributed by atoms with E-state index < -0.39 is 5.97 Å². The summed E-state index contributed by atoms with van der Waals surface area (Å²) >= 11 is 5.39. The average molecular weight is 426 g/mol. The SMILES string of the molecule is CCCN(CC(=O)O)C(=O)c1cc(Br)ccc1I. The van der Waals surface area contributed by atoms with Crippen molar-refractivity contribution in [1.29, 1.82) is 0 Å². The van der Waals surface area contributed by atoms with E-state index >= 15 is 0 Å². The van der Waals surface area contributed by atoms with Crippen LogP contribution in [0.5, 0.6) is 0 Å². The van der Waals surface area contributed by atoms with E-state index in [1.54, 1.807) is 6.07 Å². The van der Waals surface area contributed by atoms with E-state index in [9.17, 15) is 9.59 Å². The summed E-state index contributed by atoms with van der Waals surface area (Å²) in [5.74, 6) is -1.24. The molecule has 1 rings (SSSR count). The van der Waals surface area contributed by atoms with E-state index in [4.69, 9.17) is 5.11 Å². The number of nitrogens with zero attached hydrogens (tertiary/aromatic N) is 1. The monoisotopic (exact) mass is 425 g/mol. The molecule has 0 aliphatic carbocycles. The molecule has 1 aromatic rings. The zero-order chi connectivity index (χ0) is 13.7. The van der Waals surface area contributed by atoms with Crippen molar-refractivity contribution in [2.75, 3.05) is 13.1 Å². The van der Waals surface area contributed by atoms with E-state index in [1.165, 1.54) is 4.90 Å². The summed E-state index contributed by atoms with van der Waals surface area (Å²) < 4.78 is 1.62. The molecule has 0 spiro atoms. The largest absolute Gasteiger partial charge is 0.480 e. The van der Waals surface area contributed by atoms with Crippen molar-refractivity contribution in [3.05, 3.63) is 31.8 Å². The third-order valence-corrected chi connectivity index (χ3v) is 3.70. The maximum Gasteiger partial charge on any atom is 0.323 e. The van der Waals surface area contributed by atoms with E-state index in [1.807, 2.05) is 19.1 Å². The Balaban J connectivity index is 3.01. The first kappa shape index (κ1) is 15.4. The van der Waals surface area contributed by atoms with Crippen LogP contribution in [0.3, 0.4) is 0 Å². The number of carbonyl (C=O) groups is 2. The number of halogens is 2. The predicted molar refractivity (Wildman–Crippen MR) is 80.7 cm³/mol. The molecule has 4 nitrogen and oxygen atoms in total. The van der Waals surface area contributed by atoms with Crippen LogP contribution in [-0.4, -0.2) is 35.0 Å². The van der Waals surface area contributed by atoms with E-state index in [0.29, 0.717) is 12.1 Å². The lowest BCUT2D eigenvalue weighted by molar-refractivity contribution is -0.137. The standard InChI is InChI=1S/C12H13BrINO3/c1-2-5-15(7-11(16)17)12(18)9-6-8(13)3-4-10(9)14/h3-4,6H,2,5,7H2,1H3,(H,16,17). The zero-order valence-electron chi connectivity index (χ0n) is 9.82. The Labute approximate surface area is 128 Å². The van der Waals surface area contributed by atoms with E-state index in [2.05, 4.69) is 38.5 Å². The molecule has 0 aliphatic heterocycles. The number of amides is 1. The number of carboxylic acid groups (broad SMARTS) is 1. The summed E-state index contributed by atoms with van der Waals surface area (Å²) in [5.41, 5.74) is 0.527. The van der Waals surface area contributed by atoms with Gasteiger partial charge in [0.05, 0.1) is 5.56 Å². The lowest BCUT2D eigenvalue weighted by Gasteiger charge is -2.20. The van der Waals surface area contributed by atoms with Gasteiger partial charge in [-0.3, -0.25) is 9.59 Å². The normalized spacial score (nSPS) is 10.2. The average Bonchev–Trinajstić information content (AvgIpc) is 2.30. The molecule has 0 heterocycles. The Morgan fingerprint density at radius 3 is 2.67 bits per heavy atom. The number of carbonyl (C=O) groups excluding carboxylic acids is 1. The Bertz CT molecular complexity index is 465. The number of hydrogen-bond acceptors (Lipinski definition) is 2. The van der Waals surface area contributed by atoms with Crippen LogP contribution in [0.1, 0.15) is 23.7 Å². The van der Waals surface area contributed by atoms with Gasteiger partial charge in [0.1, 0.15) is 6.54 Å². The van der Waals surface area contributed by atoms with Crippen molar-refractivity contribution in [3.8, 4) is 0 Å². The van der Waals surface area contributed by atoms with Gasteiger partial charge in [0.15, 0.2) is 0 Å². The molecule has 0 fully saturated rings. The Kier molecular flexibility index (Phi) is 6.07. The first-order valence-electron chi connectivity index (χ1n) is 5.41. The van der Waals surface area contributed by atoms with Crippen molar-refractivity contribution in [1.82, 2.24) is 4.90 Å². The second-order valence-corrected chi connectivity index (χ2v) is 5.82. The molecule has 0 aromatic heterocycles. The molecule has 0 bridgehead atoms. The van der Waals surface area contributed by atoms with Crippen molar-refractivity contribution in [2.24, 2.45) is 0 Å². The highest BCUT2D eigenvalue weighted by molar-refractivity contribution is 14.1. The molecule has 1 amide bonds. The van der Waals surface area contributed by atoms with Gasteiger partial charge in [-0.2, -0.15) is 0 Å². The summed E-state index contributed by atoms with van der Waals surface area (Å²) in [5, 5.41) is 8.83. The molecular formula is C12H13BrINO3. The molecule has 0 saturated heterocycles. The lowest BCUT2D eigenvalue weighted by atomic mass is 10.2. The van der Waals surface area contributed by atoms with Crippen LogP contribution in [0.15, 0.2) is 22.7 Å². The molecular weight excluding hydrogens is 413 g/mol. The molecule has 98 valence electrons.